The van der Waals surface area contributed by atoms with Crippen LogP contribution in [-0.4, -0.2) is 15.0 Å². The van der Waals surface area contributed by atoms with Gasteiger partial charge in [0.25, 0.3) is 0 Å². The summed E-state index contributed by atoms with van der Waals surface area (Å²) in [6.45, 7) is 0. The van der Waals surface area contributed by atoms with Gasteiger partial charge in [-0.25, -0.2) is 15.0 Å². The molecular weight excluding hydrogens is 787 g/mol. The molecule has 0 atom stereocenters. The Morgan fingerprint density at radius 1 is 0.231 bits per heavy atom. The van der Waals surface area contributed by atoms with E-state index in [2.05, 4.69) is 231 Å². The van der Waals surface area contributed by atoms with Crippen molar-refractivity contribution in [1.82, 2.24) is 15.0 Å². The summed E-state index contributed by atoms with van der Waals surface area (Å²) in [5.41, 5.74) is 19.2. The normalized spacial score (nSPS) is 12.7. The van der Waals surface area contributed by atoms with Crippen molar-refractivity contribution >= 4 is 10.8 Å². The van der Waals surface area contributed by atoms with Gasteiger partial charge in [-0.1, -0.05) is 231 Å². The molecule has 2 aliphatic rings. The second-order valence-corrected chi connectivity index (χ2v) is 17.0. The largest absolute Gasteiger partial charge is 0.208 e. The zero-order valence-corrected chi connectivity index (χ0v) is 35.4. The van der Waals surface area contributed by atoms with E-state index in [0.717, 1.165) is 27.8 Å². The van der Waals surface area contributed by atoms with Crippen molar-refractivity contribution in [3.8, 4) is 89.8 Å². The molecule has 13 rings (SSSR count). The topological polar surface area (TPSA) is 38.7 Å². The number of benzene rings is 10. The van der Waals surface area contributed by atoms with Crippen LogP contribution in [0.1, 0.15) is 22.3 Å². The summed E-state index contributed by atoms with van der Waals surface area (Å²) in [4.78, 5) is 15.9. The Balaban J connectivity index is 1.04. The van der Waals surface area contributed by atoms with E-state index in [1.54, 1.807) is 0 Å². The van der Waals surface area contributed by atoms with Gasteiger partial charge in [0.1, 0.15) is 0 Å². The summed E-state index contributed by atoms with van der Waals surface area (Å²) in [7, 11) is 0. The highest BCUT2D eigenvalue weighted by atomic mass is 15.0. The fourth-order valence-electron chi connectivity index (χ4n) is 10.7. The minimum Gasteiger partial charge on any atom is -0.208 e. The van der Waals surface area contributed by atoms with Crippen LogP contribution in [0, 0.1) is 0 Å². The molecule has 0 bridgehead atoms. The molecule has 10 aromatic carbocycles. The number of hydrogen-bond donors (Lipinski definition) is 0. The molecule has 0 saturated carbocycles. The van der Waals surface area contributed by atoms with Crippen LogP contribution < -0.4 is 0 Å². The van der Waals surface area contributed by atoms with Crippen LogP contribution in [0.15, 0.2) is 237 Å². The van der Waals surface area contributed by atoms with Crippen LogP contribution in [0.2, 0.25) is 0 Å². The third kappa shape index (κ3) is 5.79. The smallest absolute Gasteiger partial charge is 0.164 e. The highest BCUT2D eigenvalue weighted by Gasteiger charge is 2.49. The summed E-state index contributed by atoms with van der Waals surface area (Å²) < 4.78 is 0. The summed E-state index contributed by atoms with van der Waals surface area (Å²) in [6.07, 6.45) is 0. The predicted molar refractivity (Wildman–Crippen MR) is 266 cm³/mol. The number of hydrogen-bond acceptors (Lipinski definition) is 3. The number of nitrogens with zero attached hydrogens (tertiary/aromatic N) is 3. The first kappa shape index (κ1) is 37.1. The predicted octanol–water partition coefficient (Wildman–Crippen LogP) is 15.4. The lowest BCUT2D eigenvalue weighted by Gasteiger charge is -2.35. The molecule has 0 amide bonds. The van der Waals surface area contributed by atoms with Crippen molar-refractivity contribution in [2.75, 3.05) is 0 Å². The molecule has 0 saturated heterocycles. The maximum atomic E-state index is 5.36. The second kappa shape index (κ2) is 14.8. The molecule has 0 unspecified atom stereocenters. The van der Waals surface area contributed by atoms with Gasteiger partial charge in [0, 0.05) is 16.7 Å². The van der Waals surface area contributed by atoms with Crippen molar-refractivity contribution in [3.05, 3.63) is 259 Å². The molecule has 11 aromatic rings. The van der Waals surface area contributed by atoms with E-state index in [4.69, 9.17) is 15.0 Å². The molecule has 1 heterocycles. The zero-order chi connectivity index (χ0) is 42.9. The van der Waals surface area contributed by atoms with E-state index in [9.17, 15) is 0 Å². The number of aromatic nitrogens is 3. The molecule has 0 fully saturated rings. The molecule has 3 heteroatoms. The number of fused-ring (bicyclic) bond motifs is 13. The van der Waals surface area contributed by atoms with Crippen LogP contribution in [0.25, 0.3) is 101 Å². The van der Waals surface area contributed by atoms with Crippen molar-refractivity contribution in [1.29, 1.82) is 0 Å². The van der Waals surface area contributed by atoms with Crippen molar-refractivity contribution in [2.24, 2.45) is 0 Å². The Morgan fingerprint density at radius 2 is 0.615 bits per heavy atom. The van der Waals surface area contributed by atoms with Gasteiger partial charge in [0.05, 0.1) is 5.41 Å². The molecule has 302 valence electrons. The Hall–Kier alpha value is -8.53. The quantitative estimate of drug-likeness (QED) is 0.173. The average molecular weight is 826 g/mol. The van der Waals surface area contributed by atoms with Crippen molar-refractivity contribution in [3.63, 3.8) is 0 Å². The molecule has 1 aromatic heterocycles. The third-order valence-electron chi connectivity index (χ3n) is 13.6. The van der Waals surface area contributed by atoms with Gasteiger partial charge in [-0.05, 0) is 94.7 Å². The van der Waals surface area contributed by atoms with Gasteiger partial charge in [-0.2, -0.15) is 0 Å². The highest BCUT2D eigenvalue weighted by molar-refractivity contribution is 5.99. The molecule has 1 spiro atoms. The van der Waals surface area contributed by atoms with E-state index in [1.807, 2.05) is 6.07 Å². The molecule has 0 N–H and O–H groups in total. The first-order chi connectivity index (χ1) is 32.2. The average Bonchev–Trinajstić information content (AvgIpc) is 3.63. The zero-order valence-electron chi connectivity index (χ0n) is 35.4. The van der Waals surface area contributed by atoms with E-state index in [1.165, 1.54) is 77.5 Å². The third-order valence-corrected chi connectivity index (χ3v) is 13.6. The summed E-state index contributed by atoms with van der Waals surface area (Å²) >= 11 is 0. The first-order valence-electron chi connectivity index (χ1n) is 22.3. The maximum Gasteiger partial charge on any atom is 0.164 e. The number of rotatable bonds is 5. The molecule has 2 aliphatic carbocycles. The fourth-order valence-corrected chi connectivity index (χ4v) is 10.7. The lowest BCUT2D eigenvalue weighted by Crippen LogP contribution is -2.29. The Kier molecular flexibility index (Phi) is 8.44. The molecule has 3 nitrogen and oxygen atoms in total. The monoisotopic (exact) mass is 825 g/mol. The Labute approximate surface area is 378 Å². The van der Waals surface area contributed by atoms with Gasteiger partial charge in [0.2, 0.25) is 0 Å². The van der Waals surface area contributed by atoms with Crippen molar-refractivity contribution < 1.29 is 0 Å². The van der Waals surface area contributed by atoms with E-state index >= 15 is 0 Å². The van der Waals surface area contributed by atoms with Gasteiger partial charge < -0.3 is 0 Å². The van der Waals surface area contributed by atoms with Crippen LogP contribution in [-0.2, 0) is 5.41 Å². The minimum absolute atomic E-state index is 0.614. The lowest BCUT2D eigenvalue weighted by atomic mass is 9.65. The molecule has 65 heavy (non-hydrogen) atoms. The summed E-state index contributed by atoms with van der Waals surface area (Å²) in [5, 5.41) is 2.45. The van der Waals surface area contributed by atoms with E-state index < -0.39 is 5.41 Å². The maximum absolute atomic E-state index is 5.36. The van der Waals surface area contributed by atoms with Gasteiger partial charge in [-0.15, -0.1) is 0 Å². The summed E-state index contributed by atoms with van der Waals surface area (Å²) in [5.74, 6) is 1.87. The van der Waals surface area contributed by atoms with Crippen LogP contribution in [0.3, 0.4) is 0 Å². The SMILES string of the molecule is c1ccc(-c2ccc(-c3nc(-c4ccc(-c5cccc6ccccc56)cc4)nc(-c4ccc5c(c4)C4(c6ccccc6-c6ccccc6-5)c5ccccc5-c5ccccc54)n3)cc2)cc1. The van der Waals surface area contributed by atoms with Crippen LogP contribution in [0.4, 0.5) is 0 Å². The molecular formula is C62H39N3. The fraction of sp³-hybridized carbons (Fsp3) is 0.0161. The Morgan fingerprint density at radius 3 is 1.22 bits per heavy atom. The van der Waals surface area contributed by atoms with Crippen LogP contribution >= 0.6 is 0 Å². The van der Waals surface area contributed by atoms with Gasteiger partial charge >= 0.3 is 0 Å². The molecule has 0 aliphatic heterocycles. The lowest BCUT2D eigenvalue weighted by molar-refractivity contribution is 0.775. The standard InChI is InChI=1S/C62H39N3/c1-2-15-40(16-3-1)41-29-33-44(34-30-41)59-63-60(45-35-31-43(32-36-45)48-25-14-18-42-17-4-5-19-47(42)48)65-61(64-59)46-37-38-54-50-21-7-6-20-49(50)51-22-8-11-26-55(51)62(58(54)39-46)56-27-12-9-23-52(56)53-24-10-13-28-57(53)62/h1-39H. The molecule has 0 radical (unpaired) electrons. The highest BCUT2D eigenvalue weighted by Crippen LogP contribution is 2.61. The van der Waals surface area contributed by atoms with Gasteiger partial charge in [-0.3, -0.25) is 0 Å². The Bertz CT molecular complexity index is 3590. The van der Waals surface area contributed by atoms with Crippen molar-refractivity contribution in [2.45, 2.75) is 5.41 Å². The minimum atomic E-state index is -0.614. The first-order valence-corrected chi connectivity index (χ1v) is 22.3. The van der Waals surface area contributed by atoms with E-state index in [-0.39, 0.29) is 0 Å². The summed E-state index contributed by atoms with van der Waals surface area (Å²) in [6, 6.07) is 85.4. The van der Waals surface area contributed by atoms with Crippen LogP contribution in [0.5, 0.6) is 0 Å². The van der Waals surface area contributed by atoms with Gasteiger partial charge in [0.15, 0.2) is 17.5 Å². The van der Waals surface area contributed by atoms with E-state index in [0.29, 0.717) is 17.5 Å². The second-order valence-electron chi connectivity index (χ2n) is 17.0.